The zero-order chi connectivity index (χ0) is 17.5. The van der Waals surface area contributed by atoms with Crippen molar-refractivity contribution in [1.29, 1.82) is 0 Å². The van der Waals surface area contributed by atoms with E-state index in [0.717, 1.165) is 5.56 Å². The van der Waals surface area contributed by atoms with Crippen molar-refractivity contribution in [1.82, 2.24) is 0 Å². The van der Waals surface area contributed by atoms with E-state index in [1.54, 1.807) is 18.2 Å². The minimum atomic E-state index is -0.807. The molecule has 6 nitrogen and oxygen atoms in total. The van der Waals surface area contributed by atoms with Gasteiger partial charge in [0.05, 0.1) is 12.7 Å². The van der Waals surface area contributed by atoms with Gasteiger partial charge in [-0.05, 0) is 42.7 Å². The molecular formula is C18H19NO5. The first-order chi connectivity index (χ1) is 11.5. The third-order valence-corrected chi connectivity index (χ3v) is 3.52. The Hall–Kier alpha value is -3.02. The summed E-state index contributed by atoms with van der Waals surface area (Å²) >= 11 is 0. The van der Waals surface area contributed by atoms with E-state index in [1.807, 2.05) is 12.1 Å². The summed E-state index contributed by atoms with van der Waals surface area (Å²) in [6.07, 6.45) is 1.37. The van der Waals surface area contributed by atoms with Crippen LogP contribution in [0.4, 0.5) is 5.69 Å². The number of anilines is 1. The Labute approximate surface area is 139 Å². The highest BCUT2D eigenvalue weighted by Gasteiger charge is 2.12. The number of methoxy groups -OCH3 is 1. The lowest BCUT2D eigenvalue weighted by molar-refractivity contribution is -0.137. The minimum Gasteiger partial charge on any atom is -0.507 e. The zero-order valence-electron chi connectivity index (χ0n) is 13.3. The number of aryl methyl sites for hydroxylation is 1. The molecule has 0 aliphatic rings. The number of hydrogen-bond donors (Lipinski definition) is 3. The van der Waals surface area contributed by atoms with Crippen LogP contribution in [0.2, 0.25) is 0 Å². The van der Waals surface area contributed by atoms with Crippen LogP contribution in [-0.4, -0.2) is 29.2 Å². The second kappa shape index (κ2) is 8.01. The Morgan fingerprint density at radius 3 is 2.42 bits per heavy atom. The largest absolute Gasteiger partial charge is 0.507 e. The van der Waals surface area contributed by atoms with Gasteiger partial charge in [-0.1, -0.05) is 12.1 Å². The van der Waals surface area contributed by atoms with Crippen molar-refractivity contribution < 1.29 is 24.5 Å². The Kier molecular flexibility index (Phi) is 5.78. The zero-order valence-corrected chi connectivity index (χ0v) is 13.3. The Bertz CT molecular complexity index is 725. The Balaban J connectivity index is 1.98. The van der Waals surface area contributed by atoms with Crippen molar-refractivity contribution >= 4 is 17.6 Å². The van der Waals surface area contributed by atoms with Gasteiger partial charge in [0.2, 0.25) is 0 Å². The van der Waals surface area contributed by atoms with E-state index in [1.165, 1.54) is 19.2 Å². The molecule has 1 amide bonds. The van der Waals surface area contributed by atoms with Crippen LogP contribution >= 0.6 is 0 Å². The Morgan fingerprint density at radius 2 is 1.83 bits per heavy atom. The van der Waals surface area contributed by atoms with Crippen LogP contribution in [0.25, 0.3) is 0 Å². The fourth-order valence-electron chi connectivity index (χ4n) is 2.23. The molecule has 0 aliphatic heterocycles. The van der Waals surface area contributed by atoms with Gasteiger partial charge in [-0.25, -0.2) is 0 Å². The lowest BCUT2D eigenvalue weighted by Gasteiger charge is -2.09. The predicted molar refractivity (Wildman–Crippen MR) is 89.6 cm³/mol. The molecule has 0 atom stereocenters. The molecule has 0 spiro atoms. The van der Waals surface area contributed by atoms with Gasteiger partial charge in [0.1, 0.15) is 11.5 Å². The van der Waals surface area contributed by atoms with Gasteiger partial charge in [0, 0.05) is 18.2 Å². The van der Waals surface area contributed by atoms with E-state index in [0.29, 0.717) is 24.3 Å². The number of ether oxygens (including phenoxy) is 1. The van der Waals surface area contributed by atoms with E-state index < -0.39 is 11.9 Å². The molecular weight excluding hydrogens is 310 g/mol. The topological polar surface area (TPSA) is 95.9 Å². The summed E-state index contributed by atoms with van der Waals surface area (Å²) in [5, 5.41) is 21.2. The molecule has 24 heavy (non-hydrogen) atoms. The molecule has 2 aromatic carbocycles. The van der Waals surface area contributed by atoms with Crippen molar-refractivity contribution in [3.05, 3.63) is 53.6 Å². The number of benzene rings is 2. The van der Waals surface area contributed by atoms with Crippen LogP contribution in [-0.2, 0) is 11.2 Å². The number of phenolic OH excluding ortho intramolecular Hbond substituents is 1. The molecule has 2 aromatic rings. The summed E-state index contributed by atoms with van der Waals surface area (Å²) in [6, 6.07) is 11.6. The molecule has 0 unspecified atom stereocenters. The van der Waals surface area contributed by atoms with Crippen molar-refractivity contribution in [2.75, 3.05) is 12.4 Å². The average molecular weight is 329 g/mol. The number of carboxylic acid groups (broad SMARTS) is 1. The quantitative estimate of drug-likeness (QED) is 0.725. The number of aliphatic carboxylic acids is 1. The van der Waals surface area contributed by atoms with Gasteiger partial charge < -0.3 is 20.3 Å². The summed E-state index contributed by atoms with van der Waals surface area (Å²) in [5.41, 5.74) is 1.75. The molecule has 3 N–H and O–H groups in total. The highest BCUT2D eigenvalue weighted by atomic mass is 16.5. The molecule has 0 fully saturated rings. The van der Waals surface area contributed by atoms with Crippen molar-refractivity contribution in [3.8, 4) is 11.5 Å². The third-order valence-electron chi connectivity index (χ3n) is 3.52. The van der Waals surface area contributed by atoms with Crippen LogP contribution in [0.1, 0.15) is 28.8 Å². The highest BCUT2D eigenvalue weighted by Crippen LogP contribution is 2.24. The fraction of sp³-hybridized carbons (Fsp3) is 0.222. The normalized spacial score (nSPS) is 10.2. The van der Waals surface area contributed by atoms with E-state index in [4.69, 9.17) is 9.84 Å². The third kappa shape index (κ3) is 4.74. The lowest BCUT2D eigenvalue weighted by Crippen LogP contribution is -2.12. The number of carbonyl (C=O) groups excluding carboxylic acids is 1. The van der Waals surface area contributed by atoms with Crippen LogP contribution < -0.4 is 10.1 Å². The number of phenols is 1. The van der Waals surface area contributed by atoms with Crippen LogP contribution in [0.3, 0.4) is 0 Å². The average Bonchev–Trinajstić information content (AvgIpc) is 2.55. The molecule has 0 heterocycles. The number of rotatable bonds is 7. The molecule has 0 saturated heterocycles. The molecule has 0 aliphatic carbocycles. The molecule has 0 bridgehead atoms. The second-order valence-electron chi connectivity index (χ2n) is 5.28. The minimum absolute atomic E-state index is 0.134. The van der Waals surface area contributed by atoms with E-state index >= 15 is 0 Å². The van der Waals surface area contributed by atoms with Crippen LogP contribution in [0.15, 0.2) is 42.5 Å². The van der Waals surface area contributed by atoms with Gasteiger partial charge in [0.15, 0.2) is 0 Å². The molecule has 6 heteroatoms. The number of amides is 1. The van der Waals surface area contributed by atoms with Crippen molar-refractivity contribution in [2.24, 2.45) is 0 Å². The monoisotopic (exact) mass is 329 g/mol. The Morgan fingerprint density at radius 1 is 1.12 bits per heavy atom. The van der Waals surface area contributed by atoms with Gasteiger partial charge >= 0.3 is 5.97 Å². The SMILES string of the molecule is COc1ccc(C(=O)Nc2ccc(CCCC(=O)O)cc2)c(O)c1. The maximum atomic E-state index is 12.2. The van der Waals surface area contributed by atoms with E-state index in [-0.39, 0.29) is 17.7 Å². The van der Waals surface area contributed by atoms with Crippen LogP contribution in [0, 0.1) is 0 Å². The first-order valence-electron chi connectivity index (χ1n) is 7.48. The second-order valence-corrected chi connectivity index (χ2v) is 5.28. The summed E-state index contributed by atoms with van der Waals surface area (Å²) in [6.45, 7) is 0. The molecule has 2 rings (SSSR count). The molecule has 0 aromatic heterocycles. The maximum absolute atomic E-state index is 12.2. The summed E-state index contributed by atoms with van der Waals surface area (Å²) in [5.74, 6) is -0.918. The number of carboxylic acids is 1. The fourth-order valence-corrected chi connectivity index (χ4v) is 2.23. The number of nitrogens with one attached hydrogen (secondary N) is 1. The number of carbonyl (C=O) groups is 2. The van der Waals surface area contributed by atoms with E-state index in [9.17, 15) is 14.7 Å². The van der Waals surface area contributed by atoms with Crippen molar-refractivity contribution in [2.45, 2.75) is 19.3 Å². The highest BCUT2D eigenvalue weighted by molar-refractivity contribution is 6.06. The summed E-state index contributed by atoms with van der Waals surface area (Å²) in [4.78, 5) is 22.7. The first-order valence-corrected chi connectivity index (χ1v) is 7.48. The van der Waals surface area contributed by atoms with Crippen LogP contribution in [0.5, 0.6) is 11.5 Å². The van der Waals surface area contributed by atoms with E-state index in [2.05, 4.69) is 5.32 Å². The molecule has 126 valence electrons. The van der Waals surface area contributed by atoms with Crippen molar-refractivity contribution in [3.63, 3.8) is 0 Å². The first kappa shape index (κ1) is 17.3. The summed E-state index contributed by atoms with van der Waals surface area (Å²) < 4.78 is 4.98. The molecule has 0 saturated carbocycles. The maximum Gasteiger partial charge on any atom is 0.303 e. The number of hydrogen-bond acceptors (Lipinski definition) is 4. The lowest BCUT2D eigenvalue weighted by atomic mass is 10.1. The van der Waals surface area contributed by atoms with Gasteiger partial charge in [-0.3, -0.25) is 9.59 Å². The predicted octanol–water partition coefficient (Wildman–Crippen LogP) is 3.06. The van der Waals surface area contributed by atoms with Gasteiger partial charge in [-0.15, -0.1) is 0 Å². The van der Waals surface area contributed by atoms with Gasteiger partial charge in [0.25, 0.3) is 5.91 Å². The smallest absolute Gasteiger partial charge is 0.303 e. The van der Waals surface area contributed by atoms with Gasteiger partial charge in [-0.2, -0.15) is 0 Å². The summed E-state index contributed by atoms with van der Waals surface area (Å²) in [7, 11) is 1.48. The number of aromatic hydroxyl groups is 1. The standard InChI is InChI=1S/C18H19NO5/c1-24-14-9-10-15(16(20)11-14)18(23)19-13-7-5-12(6-8-13)3-2-4-17(21)22/h5-11,20H,2-4H2,1H3,(H,19,23)(H,21,22). The molecule has 0 radical (unpaired) electrons.